The predicted octanol–water partition coefficient (Wildman–Crippen LogP) is 5.32. The summed E-state index contributed by atoms with van der Waals surface area (Å²) in [4.78, 5) is 25.2. The second kappa shape index (κ2) is 9.28. The van der Waals surface area contributed by atoms with Gasteiger partial charge in [-0.25, -0.2) is 0 Å². The molecule has 0 saturated heterocycles. The average molecular weight is 449 g/mol. The summed E-state index contributed by atoms with van der Waals surface area (Å²) in [6, 6.07) is 20.8. The second-order valence-electron chi connectivity index (χ2n) is 6.84. The molecule has 4 aromatic rings. The Labute approximate surface area is 188 Å². The number of benzene rings is 2. The lowest BCUT2D eigenvalue weighted by atomic mass is 10.1. The summed E-state index contributed by atoms with van der Waals surface area (Å²) in [5.41, 5.74) is 2.19. The number of anilines is 1. The summed E-state index contributed by atoms with van der Waals surface area (Å²) in [6.45, 7) is 3.31. The molecule has 0 spiro atoms. The van der Waals surface area contributed by atoms with Crippen LogP contribution in [0.1, 0.15) is 24.2 Å². The van der Waals surface area contributed by atoms with Gasteiger partial charge in [0, 0.05) is 23.9 Å². The molecule has 2 aromatic heterocycles. The molecule has 0 fully saturated rings. The molecule has 2 aromatic carbocycles. The number of thiophene rings is 1. The zero-order chi connectivity index (χ0) is 21.8. The molecular formula is C23H20N4O2S2. The molecule has 0 radical (unpaired) electrons. The van der Waals surface area contributed by atoms with E-state index in [4.69, 9.17) is 0 Å². The number of nitrogens with zero attached hydrogens (tertiary/aromatic N) is 3. The largest absolute Gasteiger partial charge is 0.326 e. The van der Waals surface area contributed by atoms with Crippen molar-refractivity contribution in [2.24, 2.45) is 0 Å². The highest BCUT2D eigenvalue weighted by Gasteiger charge is 2.23. The van der Waals surface area contributed by atoms with E-state index in [1.54, 1.807) is 35.6 Å². The normalized spacial score (nSPS) is 11.8. The Kier molecular flexibility index (Phi) is 6.29. The summed E-state index contributed by atoms with van der Waals surface area (Å²) in [7, 11) is 0. The molecule has 1 N–H and O–H groups in total. The first-order valence-electron chi connectivity index (χ1n) is 9.66. The van der Waals surface area contributed by atoms with Gasteiger partial charge in [0.05, 0.1) is 10.1 Å². The van der Waals surface area contributed by atoms with Crippen LogP contribution in [0.2, 0.25) is 0 Å². The molecule has 4 rings (SSSR count). The van der Waals surface area contributed by atoms with Gasteiger partial charge in [0.1, 0.15) is 0 Å². The first-order chi connectivity index (χ1) is 15.0. The van der Waals surface area contributed by atoms with E-state index in [0.717, 1.165) is 16.4 Å². The fourth-order valence-corrected chi connectivity index (χ4v) is 4.73. The van der Waals surface area contributed by atoms with E-state index in [1.807, 2.05) is 59.3 Å². The van der Waals surface area contributed by atoms with Crippen molar-refractivity contribution in [2.75, 3.05) is 5.32 Å². The number of hydrogen-bond donors (Lipinski definition) is 1. The number of amides is 1. The van der Waals surface area contributed by atoms with Crippen molar-refractivity contribution in [3.63, 3.8) is 0 Å². The number of ketones is 1. The molecular weight excluding hydrogens is 428 g/mol. The van der Waals surface area contributed by atoms with E-state index in [1.165, 1.54) is 18.7 Å². The Bertz CT molecular complexity index is 1190. The van der Waals surface area contributed by atoms with Crippen molar-refractivity contribution in [2.45, 2.75) is 24.3 Å². The fourth-order valence-electron chi connectivity index (χ4n) is 3.09. The second-order valence-corrected chi connectivity index (χ2v) is 9.09. The molecule has 1 atom stereocenters. The highest BCUT2D eigenvalue weighted by molar-refractivity contribution is 8.00. The molecule has 0 aliphatic carbocycles. The number of thioether (sulfide) groups is 1. The third kappa shape index (κ3) is 4.76. The van der Waals surface area contributed by atoms with Crippen LogP contribution in [0.5, 0.6) is 0 Å². The van der Waals surface area contributed by atoms with Crippen LogP contribution in [-0.2, 0) is 4.79 Å². The molecule has 1 amide bonds. The first-order valence-corrected chi connectivity index (χ1v) is 11.4. The van der Waals surface area contributed by atoms with Crippen molar-refractivity contribution >= 4 is 40.5 Å². The third-order valence-corrected chi connectivity index (χ3v) is 6.44. The van der Waals surface area contributed by atoms with Crippen LogP contribution in [0.4, 0.5) is 5.69 Å². The lowest BCUT2D eigenvalue weighted by molar-refractivity contribution is -0.114. The lowest BCUT2D eigenvalue weighted by Crippen LogP contribution is -2.15. The molecule has 156 valence electrons. The summed E-state index contributed by atoms with van der Waals surface area (Å²) >= 11 is 2.97. The van der Waals surface area contributed by atoms with E-state index >= 15 is 0 Å². The van der Waals surface area contributed by atoms with E-state index in [2.05, 4.69) is 15.5 Å². The van der Waals surface area contributed by atoms with Gasteiger partial charge in [0.25, 0.3) is 0 Å². The van der Waals surface area contributed by atoms with Crippen LogP contribution >= 0.6 is 23.1 Å². The van der Waals surface area contributed by atoms with E-state index in [0.29, 0.717) is 16.4 Å². The maximum Gasteiger partial charge on any atom is 0.221 e. The van der Waals surface area contributed by atoms with E-state index < -0.39 is 0 Å². The molecule has 31 heavy (non-hydrogen) atoms. The van der Waals surface area contributed by atoms with E-state index in [9.17, 15) is 9.59 Å². The van der Waals surface area contributed by atoms with Crippen LogP contribution < -0.4 is 5.32 Å². The molecule has 2 heterocycles. The SMILES string of the molecule is CC(=O)Nc1ccc(C(=O)C(C)Sc2nnc(-c3cccs3)n2-c2ccccc2)cc1. The fraction of sp³-hybridized carbons (Fsp3) is 0.130. The number of aromatic nitrogens is 3. The van der Waals surface area contributed by atoms with Crippen LogP contribution in [-0.4, -0.2) is 31.7 Å². The van der Waals surface area contributed by atoms with Gasteiger partial charge in [-0.1, -0.05) is 36.0 Å². The monoisotopic (exact) mass is 448 g/mol. The number of carbonyl (C=O) groups is 2. The van der Waals surface area contributed by atoms with Gasteiger partial charge in [0.15, 0.2) is 16.8 Å². The highest BCUT2D eigenvalue weighted by Crippen LogP contribution is 2.32. The van der Waals surface area contributed by atoms with Crippen molar-refractivity contribution in [1.29, 1.82) is 0 Å². The molecule has 0 aliphatic rings. The Morgan fingerprint density at radius 3 is 2.39 bits per heavy atom. The highest BCUT2D eigenvalue weighted by atomic mass is 32.2. The number of para-hydroxylation sites is 1. The van der Waals surface area contributed by atoms with Crippen molar-refractivity contribution < 1.29 is 9.59 Å². The Hall–Kier alpha value is -3.23. The number of Topliss-reactive ketones (excluding diaryl/α,β-unsaturated/α-hetero) is 1. The van der Waals surface area contributed by atoms with Gasteiger partial charge >= 0.3 is 0 Å². The average Bonchev–Trinajstić information content (AvgIpc) is 3.44. The number of hydrogen-bond acceptors (Lipinski definition) is 6. The van der Waals surface area contributed by atoms with Crippen molar-refractivity contribution in [3.05, 3.63) is 77.7 Å². The van der Waals surface area contributed by atoms with E-state index in [-0.39, 0.29) is 16.9 Å². The zero-order valence-corrected chi connectivity index (χ0v) is 18.6. The Balaban J connectivity index is 1.60. The third-order valence-electron chi connectivity index (χ3n) is 4.53. The molecule has 1 unspecified atom stereocenters. The number of nitrogens with one attached hydrogen (secondary N) is 1. The minimum Gasteiger partial charge on any atom is -0.326 e. The molecule has 0 saturated carbocycles. The quantitative estimate of drug-likeness (QED) is 0.306. The summed E-state index contributed by atoms with van der Waals surface area (Å²) in [6.07, 6.45) is 0. The molecule has 6 nitrogen and oxygen atoms in total. The first kappa shape index (κ1) is 21.0. The van der Waals surface area contributed by atoms with Gasteiger partial charge < -0.3 is 5.32 Å². The van der Waals surface area contributed by atoms with Crippen molar-refractivity contribution in [3.8, 4) is 16.4 Å². The maximum atomic E-state index is 13.0. The number of rotatable bonds is 7. The van der Waals surface area contributed by atoms with Gasteiger partial charge in [-0.3, -0.25) is 14.2 Å². The molecule has 8 heteroatoms. The summed E-state index contributed by atoms with van der Waals surface area (Å²) in [5, 5.41) is 13.8. The van der Waals surface area contributed by atoms with Crippen LogP contribution in [0.3, 0.4) is 0 Å². The smallest absolute Gasteiger partial charge is 0.221 e. The van der Waals surface area contributed by atoms with Crippen LogP contribution in [0.15, 0.2) is 77.3 Å². The zero-order valence-electron chi connectivity index (χ0n) is 17.0. The summed E-state index contributed by atoms with van der Waals surface area (Å²) in [5.74, 6) is 0.590. The minimum atomic E-state index is -0.366. The lowest BCUT2D eigenvalue weighted by Gasteiger charge is -2.13. The predicted molar refractivity (Wildman–Crippen MR) is 125 cm³/mol. The van der Waals surface area contributed by atoms with Crippen LogP contribution in [0.25, 0.3) is 16.4 Å². The topological polar surface area (TPSA) is 76.9 Å². The maximum absolute atomic E-state index is 13.0. The Morgan fingerprint density at radius 1 is 1.00 bits per heavy atom. The van der Waals surface area contributed by atoms with Crippen molar-refractivity contribution in [1.82, 2.24) is 14.8 Å². The van der Waals surface area contributed by atoms with Gasteiger partial charge in [-0.15, -0.1) is 21.5 Å². The van der Waals surface area contributed by atoms with Gasteiger partial charge in [0.2, 0.25) is 5.91 Å². The van der Waals surface area contributed by atoms with Gasteiger partial charge in [-0.05, 0) is 54.8 Å². The van der Waals surface area contributed by atoms with Gasteiger partial charge in [-0.2, -0.15) is 0 Å². The Morgan fingerprint density at radius 2 is 1.74 bits per heavy atom. The van der Waals surface area contributed by atoms with Crippen LogP contribution in [0, 0.1) is 0 Å². The summed E-state index contributed by atoms with van der Waals surface area (Å²) < 4.78 is 1.99. The standard InChI is InChI=1S/C23H20N4O2S2/c1-15(21(29)17-10-12-18(13-11-17)24-16(2)28)31-23-26-25-22(20-9-6-14-30-20)27(23)19-7-4-3-5-8-19/h3-15H,1-2H3,(H,24,28). The molecule has 0 aliphatic heterocycles. The number of carbonyl (C=O) groups excluding carboxylic acids is 2. The minimum absolute atomic E-state index is 0.0142. The molecule has 0 bridgehead atoms.